The van der Waals surface area contributed by atoms with Crippen LogP contribution in [0.3, 0.4) is 0 Å². The van der Waals surface area contributed by atoms with Crippen molar-refractivity contribution >= 4 is 11.9 Å². The van der Waals surface area contributed by atoms with Gasteiger partial charge >= 0.3 is 5.97 Å². The van der Waals surface area contributed by atoms with Gasteiger partial charge in [-0.25, -0.2) is 4.79 Å². The fraction of sp³-hybridized carbons (Fsp3) is 0.625. The average Bonchev–Trinajstić information content (AvgIpc) is 2.73. The summed E-state index contributed by atoms with van der Waals surface area (Å²) in [6, 6.07) is 0.171. The van der Waals surface area contributed by atoms with Gasteiger partial charge in [0.2, 0.25) is 5.91 Å². The van der Waals surface area contributed by atoms with Gasteiger partial charge in [-0.15, -0.1) is 0 Å². The molecule has 2 saturated heterocycles. The van der Waals surface area contributed by atoms with Gasteiger partial charge in [0.05, 0.1) is 6.04 Å². The van der Waals surface area contributed by atoms with Gasteiger partial charge in [-0.2, -0.15) is 0 Å². The van der Waals surface area contributed by atoms with E-state index in [0.29, 0.717) is 36.8 Å². The average molecular weight is 306 g/mol. The number of allylic oxidation sites excluding steroid dienone is 1. The molecule has 0 aliphatic carbocycles. The molecule has 0 aromatic carbocycles. The second kappa shape index (κ2) is 5.66. The highest BCUT2D eigenvalue weighted by atomic mass is 16.5. The van der Waals surface area contributed by atoms with Crippen molar-refractivity contribution in [2.75, 3.05) is 26.2 Å². The van der Waals surface area contributed by atoms with Crippen LogP contribution in [0.4, 0.5) is 0 Å². The molecule has 0 aromatic rings. The fourth-order valence-electron chi connectivity index (χ4n) is 3.22. The highest BCUT2D eigenvalue weighted by Crippen LogP contribution is 2.32. The Labute approximate surface area is 130 Å². The van der Waals surface area contributed by atoms with Gasteiger partial charge in [0, 0.05) is 25.2 Å². The summed E-state index contributed by atoms with van der Waals surface area (Å²) in [4.78, 5) is 27.6. The van der Waals surface area contributed by atoms with Crippen molar-refractivity contribution in [2.24, 2.45) is 5.92 Å². The molecule has 0 aromatic heterocycles. The lowest BCUT2D eigenvalue weighted by atomic mass is 10.00. The second-order valence-corrected chi connectivity index (χ2v) is 6.53. The molecule has 1 unspecified atom stereocenters. The molecule has 0 radical (unpaired) electrons. The number of hydrogen-bond acceptors (Lipinski definition) is 4. The van der Waals surface area contributed by atoms with E-state index in [0.717, 1.165) is 19.5 Å². The molecule has 3 aliphatic rings. The van der Waals surface area contributed by atoms with Crippen molar-refractivity contribution in [1.29, 1.82) is 0 Å². The van der Waals surface area contributed by atoms with E-state index >= 15 is 0 Å². The predicted octanol–water partition coefficient (Wildman–Crippen LogP) is 1.20. The Morgan fingerprint density at radius 1 is 1.45 bits per heavy atom. The second-order valence-electron chi connectivity index (χ2n) is 6.53. The zero-order valence-corrected chi connectivity index (χ0v) is 13.0. The van der Waals surface area contributed by atoms with Crippen LogP contribution in [0, 0.1) is 5.92 Å². The molecular weight excluding hydrogens is 284 g/mol. The van der Waals surface area contributed by atoms with Gasteiger partial charge in [-0.05, 0) is 24.8 Å². The lowest BCUT2D eigenvalue weighted by molar-refractivity contribution is -0.137. The first kappa shape index (κ1) is 14.9. The third kappa shape index (κ3) is 2.58. The molecule has 1 atom stereocenters. The number of ether oxygens (including phenoxy) is 1. The van der Waals surface area contributed by atoms with Crippen LogP contribution < -0.4 is 0 Å². The summed E-state index contributed by atoms with van der Waals surface area (Å²) in [5.41, 5.74) is 0.846. The lowest BCUT2D eigenvalue weighted by Crippen LogP contribution is -2.53. The van der Waals surface area contributed by atoms with Crippen LogP contribution in [0.1, 0.15) is 26.7 Å². The topological polar surface area (TPSA) is 70.1 Å². The SMILES string of the molecule is CC(C)CN1CCC(=CC2=C(C(=O)O)N3CCC3CO2)C1=O. The normalized spacial score (nSPS) is 26.4. The summed E-state index contributed by atoms with van der Waals surface area (Å²) in [5, 5.41) is 9.44. The molecular formula is C16H22N2O4. The number of nitrogens with zero attached hydrogens (tertiary/aromatic N) is 2. The van der Waals surface area contributed by atoms with E-state index in [1.807, 2.05) is 9.80 Å². The molecule has 1 N–H and O–H groups in total. The number of amides is 1. The quantitative estimate of drug-likeness (QED) is 0.790. The van der Waals surface area contributed by atoms with Crippen molar-refractivity contribution < 1.29 is 19.4 Å². The van der Waals surface area contributed by atoms with Crippen LogP contribution in [0.2, 0.25) is 0 Å². The van der Waals surface area contributed by atoms with E-state index in [9.17, 15) is 14.7 Å². The molecule has 3 aliphatic heterocycles. The van der Waals surface area contributed by atoms with Gasteiger partial charge in [0.15, 0.2) is 11.5 Å². The van der Waals surface area contributed by atoms with E-state index in [4.69, 9.17) is 4.74 Å². The molecule has 6 nitrogen and oxygen atoms in total. The number of likely N-dealkylation sites (tertiary alicyclic amines) is 1. The van der Waals surface area contributed by atoms with Crippen molar-refractivity contribution in [1.82, 2.24) is 9.80 Å². The number of carboxylic acid groups (broad SMARTS) is 1. The number of carboxylic acids is 1. The highest BCUT2D eigenvalue weighted by Gasteiger charge is 2.39. The highest BCUT2D eigenvalue weighted by molar-refractivity contribution is 5.96. The summed E-state index contributed by atoms with van der Waals surface area (Å²) in [5.74, 6) is -0.232. The lowest BCUT2D eigenvalue weighted by Gasteiger charge is -2.46. The van der Waals surface area contributed by atoms with Gasteiger partial charge in [0.1, 0.15) is 6.61 Å². The Morgan fingerprint density at radius 2 is 2.23 bits per heavy atom. The first-order valence-corrected chi connectivity index (χ1v) is 7.84. The zero-order chi connectivity index (χ0) is 15.9. The molecule has 22 heavy (non-hydrogen) atoms. The zero-order valence-electron chi connectivity index (χ0n) is 13.0. The smallest absolute Gasteiger partial charge is 0.356 e. The summed E-state index contributed by atoms with van der Waals surface area (Å²) >= 11 is 0. The summed E-state index contributed by atoms with van der Waals surface area (Å²) in [6.45, 7) is 6.83. The third-order valence-corrected chi connectivity index (χ3v) is 4.40. The summed E-state index contributed by atoms with van der Waals surface area (Å²) < 4.78 is 5.62. The molecule has 1 amide bonds. The maximum atomic E-state index is 12.4. The Bertz CT molecular complexity index is 564. The first-order valence-electron chi connectivity index (χ1n) is 7.84. The van der Waals surface area contributed by atoms with Crippen LogP contribution in [-0.4, -0.2) is 59.1 Å². The largest absolute Gasteiger partial charge is 0.489 e. The minimum atomic E-state index is -0.985. The number of carbonyl (C=O) groups is 2. The molecule has 2 fully saturated rings. The third-order valence-electron chi connectivity index (χ3n) is 4.40. The predicted molar refractivity (Wildman–Crippen MR) is 79.8 cm³/mol. The van der Waals surface area contributed by atoms with Crippen molar-refractivity contribution in [3.05, 3.63) is 23.1 Å². The molecule has 0 bridgehead atoms. The Hall–Kier alpha value is -1.98. The summed E-state index contributed by atoms with van der Waals surface area (Å²) in [7, 11) is 0. The molecule has 0 spiro atoms. The first-order chi connectivity index (χ1) is 10.5. The minimum Gasteiger partial charge on any atom is -0.489 e. The van der Waals surface area contributed by atoms with Gasteiger partial charge < -0.3 is 19.6 Å². The number of fused-ring (bicyclic) bond motifs is 1. The van der Waals surface area contributed by atoms with E-state index in [1.165, 1.54) is 0 Å². The van der Waals surface area contributed by atoms with E-state index in [-0.39, 0.29) is 17.6 Å². The standard InChI is InChI=1S/C16H22N2O4/c1-10(2)8-17-5-3-11(15(17)19)7-13-14(16(20)21)18-6-4-12(18)9-22-13/h7,10,12H,3-6,8-9H2,1-2H3,(H,20,21). The monoisotopic (exact) mass is 306 g/mol. The maximum absolute atomic E-state index is 12.4. The molecule has 3 heterocycles. The number of rotatable bonds is 4. The van der Waals surface area contributed by atoms with E-state index in [2.05, 4.69) is 13.8 Å². The van der Waals surface area contributed by atoms with Gasteiger partial charge in [0.25, 0.3) is 0 Å². The van der Waals surface area contributed by atoms with Crippen LogP contribution in [0.15, 0.2) is 23.1 Å². The Balaban J connectivity index is 1.84. The van der Waals surface area contributed by atoms with Crippen LogP contribution in [-0.2, 0) is 14.3 Å². The van der Waals surface area contributed by atoms with Gasteiger partial charge in [-0.3, -0.25) is 4.79 Å². The van der Waals surface area contributed by atoms with Crippen molar-refractivity contribution in [3.63, 3.8) is 0 Å². The van der Waals surface area contributed by atoms with Crippen molar-refractivity contribution in [3.8, 4) is 0 Å². The maximum Gasteiger partial charge on any atom is 0.356 e. The van der Waals surface area contributed by atoms with Crippen molar-refractivity contribution in [2.45, 2.75) is 32.7 Å². The molecule has 120 valence electrons. The molecule has 6 heteroatoms. The Kier molecular flexibility index (Phi) is 3.85. The van der Waals surface area contributed by atoms with E-state index in [1.54, 1.807) is 6.08 Å². The Morgan fingerprint density at radius 3 is 2.82 bits per heavy atom. The fourth-order valence-corrected chi connectivity index (χ4v) is 3.22. The van der Waals surface area contributed by atoms with Crippen LogP contribution >= 0.6 is 0 Å². The van der Waals surface area contributed by atoms with Crippen LogP contribution in [0.25, 0.3) is 0 Å². The minimum absolute atomic E-state index is 0.000252. The summed E-state index contributed by atoms with van der Waals surface area (Å²) in [6.07, 6.45) is 3.25. The molecule has 0 saturated carbocycles. The van der Waals surface area contributed by atoms with Crippen LogP contribution in [0.5, 0.6) is 0 Å². The number of carbonyl (C=O) groups excluding carboxylic acids is 1. The number of hydrogen-bond donors (Lipinski definition) is 1. The van der Waals surface area contributed by atoms with E-state index < -0.39 is 5.97 Å². The number of aliphatic carboxylic acids is 1. The van der Waals surface area contributed by atoms with Gasteiger partial charge in [-0.1, -0.05) is 13.8 Å². The molecule has 3 rings (SSSR count).